The molecule has 0 aliphatic heterocycles. The number of benzene rings is 1. The van der Waals surface area contributed by atoms with Gasteiger partial charge in [-0.15, -0.1) is 0 Å². The van der Waals surface area contributed by atoms with Crippen LogP contribution in [0.25, 0.3) is 0 Å². The molecule has 0 fully saturated rings. The summed E-state index contributed by atoms with van der Waals surface area (Å²) in [5.41, 5.74) is 1.46. The van der Waals surface area contributed by atoms with Gasteiger partial charge in [-0.2, -0.15) is 4.31 Å². The van der Waals surface area contributed by atoms with Crippen LogP contribution in [0, 0.1) is 12.8 Å². The first-order chi connectivity index (χ1) is 10.1. The van der Waals surface area contributed by atoms with E-state index in [2.05, 4.69) is 5.32 Å². The fourth-order valence-electron chi connectivity index (χ4n) is 1.84. The van der Waals surface area contributed by atoms with Crippen LogP contribution in [0.5, 0.6) is 0 Å². The predicted molar refractivity (Wildman–Crippen MR) is 90.7 cm³/mol. The molecule has 0 bridgehead atoms. The number of nitrogens with zero attached hydrogens (tertiary/aromatic N) is 1. The Morgan fingerprint density at radius 2 is 2.00 bits per heavy atom. The summed E-state index contributed by atoms with van der Waals surface area (Å²) in [6.07, 6.45) is 1.82. The second-order valence-electron chi connectivity index (χ2n) is 5.79. The molecule has 0 saturated carbocycles. The van der Waals surface area contributed by atoms with Gasteiger partial charge in [-0.3, -0.25) is 4.79 Å². The zero-order chi connectivity index (χ0) is 16.9. The van der Waals surface area contributed by atoms with Crippen LogP contribution in [0.4, 0.5) is 5.69 Å². The van der Waals surface area contributed by atoms with Gasteiger partial charge in [0, 0.05) is 17.3 Å². The van der Waals surface area contributed by atoms with E-state index < -0.39 is 10.0 Å². The molecule has 0 spiro atoms. The summed E-state index contributed by atoms with van der Waals surface area (Å²) in [6, 6.07) is 5.18. The number of halogens is 1. The molecule has 1 N–H and O–H groups in total. The van der Waals surface area contributed by atoms with Gasteiger partial charge in [0.1, 0.15) is 0 Å². The van der Waals surface area contributed by atoms with Crippen molar-refractivity contribution in [2.24, 2.45) is 5.92 Å². The Labute approximate surface area is 137 Å². The van der Waals surface area contributed by atoms with Crippen molar-refractivity contribution in [3.63, 3.8) is 0 Å². The van der Waals surface area contributed by atoms with Crippen LogP contribution in [-0.2, 0) is 14.8 Å². The Balaban J connectivity index is 2.77. The maximum Gasteiger partial charge on any atom is 0.239 e. The minimum absolute atomic E-state index is 0.197. The van der Waals surface area contributed by atoms with Gasteiger partial charge >= 0.3 is 0 Å². The van der Waals surface area contributed by atoms with E-state index in [9.17, 15) is 13.2 Å². The highest BCUT2D eigenvalue weighted by molar-refractivity contribution is 7.88. The molecule has 0 saturated heterocycles. The summed E-state index contributed by atoms with van der Waals surface area (Å²) in [5, 5.41) is 3.23. The van der Waals surface area contributed by atoms with Crippen LogP contribution in [0.2, 0.25) is 5.02 Å². The second kappa shape index (κ2) is 7.94. The minimum atomic E-state index is -3.42. The SMILES string of the molecule is Cc1ccc(Cl)cc1NC(=O)CN(CCC(C)C)S(C)(=O)=O. The number of aryl methyl sites for hydroxylation is 1. The Morgan fingerprint density at radius 1 is 1.36 bits per heavy atom. The molecule has 5 nitrogen and oxygen atoms in total. The van der Waals surface area contributed by atoms with Gasteiger partial charge in [0.05, 0.1) is 12.8 Å². The standard InChI is InChI=1S/C15H23ClN2O3S/c1-11(2)7-8-18(22(4,20)21)10-15(19)17-14-9-13(16)6-5-12(14)3/h5-6,9,11H,7-8,10H2,1-4H3,(H,17,19). The third-order valence-electron chi connectivity index (χ3n) is 3.22. The van der Waals surface area contributed by atoms with Crippen LogP contribution in [0.3, 0.4) is 0 Å². The number of hydrogen-bond acceptors (Lipinski definition) is 3. The number of rotatable bonds is 7. The number of hydrogen-bond donors (Lipinski definition) is 1. The number of sulfonamides is 1. The van der Waals surface area contributed by atoms with Crippen molar-refractivity contribution in [2.75, 3.05) is 24.7 Å². The fourth-order valence-corrected chi connectivity index (χ4v) is 2.80. The van der Waals surface area contributed by atoms with E-state index in [1.54, 1.807) is 18.2 Å². The lowest BCUT2D eigenvalue weighted by atomic mass is 10.1. The summed E-state index contributed by atoms with van der Waals surface area (Å²) in [6.45, 7) is 6.00. The number of nitrogens with one attached hydrogen (secondary N) is 1. The third kappa shape index (κ3) is 6.34. The van der Waals surface area contributed by atoms with Gasteiger partial charge in [0.15, 0.2) is 0 Å². The summed E-state index contributed by atoms with van der Waals surface area (Å²) in [5.74, 6) is -0.0120. The number of amides is 1. The van der Waals surface area contributed by atoms with E-state index in [0.717, 1.165) is 11.8 Å². The molecule has 22 heavy (non-hydrogen) atoms. The van der Waals surface area contributed by atoms with Crippen LogP contribution in [-0.4, -0.2) is 38.0 Å². The maximum absolute atomic E-state index is 12.1. The summed E-state index contributed by atoms with van der Waals surface area (Å²) in [4.78, 5) is 12.1. The molecule has 0 radical (unpaired) electrons. The molecule has 7 heteroatoms. The van der Waals surface area contributed by atoms with Crippen molar-refractivity contribution in [3.05, 3.63) is 28.8 Å². The lowest BCUT2D eigenvalue weighted by molar-refractivity contribution is -0.116. The molecule has 1 aromatic rings. The molecule has 0 heterocycles. The van der Waals surface area contributed by atoms with Crippen molar-refractivity contribution < 1.29 is 13.2 Å². The van der Waals surface area contributed by atoms with Crippen LogP contribution in [0.1, 0.15) is 25.8 Å². The molecular weight excluding hydrogens is 324 g/mol. The molecule has 0 atom stereocenters. The van der Waals surface area contributed by atoms with Crippen molar-refractivity contribution in [1.82, 2.24) is 4.31 Å². The van der Waals surface area contributed by atoms with Gasteiger partial charge in [-0.25, -0.2) is 8.42 Å². The van der Waals surface area contributed by atoms with E-state index >= 15 is 0 Å². The molecule has 0 unspecified atom stereocenters. The first kappa shape index (κ1) is 18.9. The average Bonchev–Trinajstić information content (AvgIpc) is 2.37. The van der Waals surface area contributed by atoms with E-state index in [-0.39, 0.29) is 12.5 Å². The summed E-state index contributed by atoms with van der Waals surface area (Å²) in [7, 11) is -3.42. The van der Waals surface area contributed by atoms with Crippen LogP contribution in [0.15, 0.2) is 18.2 Å². The van der Waals surface area contributed by atoms with Crippen molar-refractivity contribution in [3.8, 4) is 0 Å². The molecule has 124 valence electrons. The zero-order valence-corrected chi connectivity index (χ0v) is 15.0. The van der Waals surface area contributed by atoms with Gasteiger partial charge in [0.2, 0.25) is 15.9 Å². The zero-order valence-electron chi connectivity index (χ0n) is 13.4. The van der Waals surface area contributed by atoms with Gasteiger partial charge in [-0.05, 0) is 37.0 Å². The molecular formula is C15H23ClN2O3S. The average molecular weight is 347 g/mol. The number of anilines is 1. The van der Waals surface area contributed by atoms with Gasteiger partial charge in [0.25, 0.3) is 0 Å². The van der Waals surface area contributed by atoms with Crippen molar-refractivity contribution in [1.29, 1.82) is 0 Å². The first-order valence-electron chi connectivity index (χ1n) is 7.10. The highest BCUT2D eigenvalue weighted by Gasteiger charge is 2.20. The Kier molecular flexibility index (Phi) is 6.84. The fraction of sp³-hybridized carbons (Fsp3) is 0.533. The maximum atomic E-state index is 12.1. The molecule has 1 aromatic carbocycles. The quantitative estimate of drug-likeness (QED) is 0.825. The largest absolute Gasteiger partial charge is 0.325 e. The van der Waals surface area contributed by atoms with Crippen LogP contribution < -0.4 is 5.32 Å². The highest BCUT2D eigenvalue weighted by atomic mass is 35.5. The van der Waals surface area contributed by atoms with E-state index in [1.807, 2.05) is 20.8 Å². The number of carbonyl (C=O) groups is 1. The topological polar surface area (TPSA) is 66.5 Å². The third-order valence-corrected chi connectivity index (χ3v) is 4.70. The minimum Gasteiger partial charge on any atom is -0.325 e. The monoisotopic (exact) mass is 346 g/mol. The van der Waals surface area contributed by atoms with E-state index in [1.165, 1.54) is 4.31 Å². The highest BCUT2D eigenvalue weighted by Crippen LogP contribution is 2.20. The summed E-state index contributed by atoms with van der Waals surface area (Å²) < 4.78 is 24.8. The summed E-state index contributed by atoms with van der Waals surface area (Å²) >= 11 is 5.91. The normalized spacial score (nSPS) is 12.0. The second-order valence-corrected chi connectivity index (χ2v) is 8.21. The molecule has 0 aliphatic rings. The van der Waals surface area contributed by atoms with Crippen LogP contribution >= 0.6 is 11.6 Å². The lowest BCUT2D eigenvalue weighted by Gasteiger charge is -2.20. The van der Waals surface area contributed by atoms with Gasteiger partial charge < -0.3 is 5.32 Å². The number of carbonyl (C=O) groups excluding carboxylic acids is 1. The lowest BCUT2D eigenvalue weighted by Crippen LogP contribution is -2.38. The Bertz CT molecular complexity index is 630. The Morgan fingerprint density at radius 3 is 2.55 bits per heavy atom. The Hall–Kier alpha value is -1.11. The molecule has 0 aromatic heterocycles. The smallest absolute Gasteiger partial charge is 0.239 e. The first-order valence-corrected chi connectivity index (χ1v) is 9.33. The van der Waals surface area contributed by atoms with Crippen molar-refractivity contribution in [2.45, 2.75) is 27.2 Å². The van der Waals surface area contributed by atoms with E-state index in [0.29, 0.717) is 29.6 Å². The molecule has 0 aliphatic carbocycles. The van der Waals surface area contributed by atoms with E-state index in [4.69, 9.17) is 11.6 Å². The van der Waals surface area contributed by atoms with Gasteiger partial charge in [-0.1, -0.05) is 31.5 Å². The van der Waals surface area contributed by atoms with Crippen molar-refractivity contribution >= 4 is 33.2 Å². The molecule has 1 amide bonds. The predicted octanol–water partition coefficient (Wildman–Crippen LogP) is 2.89. The molecule has 1 rings (SSSR count).